The minimum Gasteiger partial charge on any atom is -0.469 e. The number of aliphatic hydroxyl groups is 3. The van der Waals surface area contributed by atoms with Crippen molar-refractivity contribution in [1.29, 1.82) is 0 Å². The Morgan fingerprint density at radius 3 is 1.19 bits per heavy atom. The van der Waals surface area contributed by atoms with Gasteiger partial charge in [0.15, 0.2) is 23.1 Å². The lowest BCUT2D eigenvalue weighted by Gasteiger charge is -2.39. The van der Waals surface area contributed by atoms with Gasteiger partial charge in [-0.3, -0.25) is 48.4 Å². The predicted molar refractivity (Wildman–Crippen MR) is 461 cm³/mol. The Labute approximate surface area is 723 Å². The molecular formula is C89H158N4O28. The third kappa shape index (κ3) is 34.2. The van der Waals surface area contributed by atoms with E-state index in [1.54, 1.807) is 36.4 Å². The van der Waals surface area contributed by atoms with Gasteiger partial charge in [0, 0.05) is 68.6 Å². The number of benzene rings is 2. The summed E-state index contributed by atoms with van der Waals surface area (Å²) in [6.45, 7) is 6.74. The fraction of sp³-hybridized carbons (Fsp3) is 0.753. The van der Waals surface area contributed by atoms with E-state index in [-0.39, 0.29) is 158 Å². The average molecular weight is 1730 g/mol. The molecule has 121 heavy (non-hydrogen) atoms. The SMILES string of the molecule is C.C.C.C.C.C.C.C.C.C.C1CCC2CON=C2C1.COC(=O)C1CCCCC12OCCO2.COC(=O)C1CCCCC1=O.COC(=O)OC.NOCC1CCCCC12OCCO2.O=C1CCCCC1.O=C1c2ccccc2C(=O)N1O.O=C1c2ccccc2C(=O)N1OCC1CCCCC12OCCO2.OCC1CCCCC12OCCO2.OCCO. The Kier molecular flexibility index (Phi) is 62.8. The average Bonchev–Trinajstić information content (AvgIpc) is 1.66. The lowest BCUT2D eigenvalue weighted by Crippen LogP contribution is -2.46. The summed E-state index contributed by atoms with van der Waals surface area (Å²) in [7, 11) is 5.25. The molecule has 0 bridgehead atoms. The fourth-order valence-corrected chi connectivity index (χ4v) is 15.9. The van der Waals surface area contributed by atoms with Gasteiger partial charge in [0.1, 0.15) is 30.0 Å². The highest BCUT2D eigenvalue weighted by molar-refractivity contribution is 6.21. The summed E-state index contributed by atoms with van der Waals surface area (Å²) in [5.74, 6) is 1.44. The van der Waals surface area contributed by atoms with Crippen LogP contribution in [0.4, 0.5) is 4.79 Å². The topological polar surface area (TPSA) is 418 Å². The fourth-order valence-electron chi connectivity index (χ4n) is 15.9. The molecule has 32 nitrogen and oxygen atoms in total. The van der Waals surface area contributed by atoms with Crippen LogP contribution in [0.5, 0.6) is 0 Å². The molecule has 7 aliphatic heterocycles. The minimum absolute atomic E-state index is 0. The zero-order chi connectivity index (χ0) is 80.1. The van der Waals surface area contributed by atoms with Crippen molar-refractivity contribution in [1.82, 2.24) is 10.1 Å². The Morgan fingerprint density at radius 2 is 0.810 bits per heavy atom. The van der Waals surface area contributed by atoms with E-state index in [4.69, 9.17) is 83.6 Å². The number of nitrogens with zero attached hydrogens (tertiary/aromatic N) is 3. The van der Waals surface area contributed by atoms with E-state index in [1.807, 2.05) is 0 Å². The largest absolute Gasteiger partial charge is 0.507 e. The first-order valence-corrected chi connectivity index (χ1v) is 39.3. The van der Waals surface area contributed by atoms with Crippen LogP contribution in [0.2, 0.25) is 0 Å². The molecule has 0 radical (unpaired) electrons. The number of ether oxygens (including phenoxy) is 12. The molecule has 11 fully saturated rings. The Hall–Kier alpha value is -6.86. The van der Waals surface area contributed by atoms with Crippen LogP contribution in [0.25, 0.3) is 0 Å². The van der Waals surface area contributed by atoms with E-state index in [0.717, 1.165) is 134 Å². The third-order valence-electron chi connectivity index (χ3n) is 21.7. The molecule has 2 aromatic carbocycles. The molecule has 7 aliphatic carbocycles. The zero-order valence-corrected chi connectivity index (χ0v) is 65.0. The number of amides is 4. The quantitative estimate of drug-likeness (QED) is 0.0389. The number of Topliss-reactive ketones (excluding diaryl/α,β-unsaturated/α-hetero) is 2. The van der Waals surface area contributed by atoms with Crippen molar-refractivity contribution in [3.05, 3.63) is 70.8 Å². The minimum atomic E-state index is -0.661. The number of carbonyl (C=O) groups excluding carboxylic acids is 9. The summed E-state index contributed by atoms with van der Waals surface area (Å²) in [6.07, 6.45) is 29.3. The van der Waals surface area contributed by atoms with E-state index in [1.165, 1.54) is 97.7 Å². The van der Waals surface area contributed by atoms with E-state index in [2.05, 4.69) is 19.4 Å². The van der Waals surface area contributed by atoms with E-state index in [0.29, 0.717) is 101 Å². The summed E-state index contributed by atoms with van der Waals surface area (Å²) < 4.78 is 62.8. The van der Waals surface area contributed by atoms with Gasteiger partial charge < -0.3 is 81.8 Å². The third-order valence-corrected chi connectivity index (χ3v) is 21.7. The van der Waals surface area contributed by atoms with Gasteiger partial charge in [0.25, 0.3) is 23.6 Å². The molecule has 6 N–H and O–H groups in total. The van der Waals surface area contributed by atoms with E-state index in [9.17, 15) is 43.2 Å². The van der Waals surface area contributed by atoms with Crippen LogP contribution in [0.1, 0.15) is 302 Å². The lowest BCUT2D eigenvalue weighted by atomic mass is 9.83. The van der Waals surface area contributed by atoms with Crippen LogP contribution >= 0.6 is 0 Å². The van der Waals surface area contributed by atoms with Gasteiger partial charge in [0.2, 0.25) is 0 Å². The molecule has 0 aromatic heterocycles. The number of hydrogen-bond acceptors (Lipinski definition) is 30. The number of ketones is 2. The van der Waals surface area contributed by atoms with Crippen molar-refractivity contribution < 1.29 is 135 Å². The van der Waals surface area contributed by atoms with Crippen LogP contribution in [0.15, 0.2) is 53.7 Å². The van der Waals surface area contributed by atoms with Crippen LogP contribution in [0.3, 0.4) is 0 Å². The Balaban J connectivity index is -0.000000640. The maximum absolute atomic E-state index is 12.3. The first kappa shape index (κ1) is 120. The monoisotopic (exact) mass is 1730 g/mol. The standard InChI is InChI=1S/C17H19NO5.C10H16O4.C9H17NO3.C9H16O3.C8H5NO3.C8H12O3.C7H11NO.C6H10O.C3H6O3.C2H6O2.10CH4/c19-15-13-6-1-2-7-14(13)16(20)18(15)23-11-12-5-3-4-8-17(12)21-9-10-22-17;1-12-9(11)8-4-2-3-5-10(8)13-6-7-14-10;10-13-7-8-3-1-2-4-9(8)11-5-6-12-9;10-7-8-3-1-2-4-9(8)11-5-6-12-9;10-7-5-3-1-2-4-6(5)8(11)9(7)12;1-11-8(10)6-4-2-3-5-7(6)9;1-2-4-7-6(3-1)5-9-8-7;7-6-4-2-1-3-5-6;1-5-3(4)6-2;3-1-2-4;;;;;;;;;;/h1-2,6-7,12H,3-5,8-11H2;8H,2-7H2,1H3;8H,1-7,10H2;8,10H,1-7H2;1-4,12H;6H,2-5H2,1H3;6H,1-5H2;1-5H2;1-2H3;3-4H,1-2H2;10*1H4. The normalized spacial score (nSPS) is 23.5. The molecule has 4 spiro atoms. The van der Waals surface area contributed by atoms with Gasteiger partial charge in [-0.1, -0.05) is 149 Å². The highest BCUT2D eigenvalue weighted by Gasteiger charge is 2.52. The first-order valence-electron chi connectivity index (χ1n) is 39.3. The van der Waals surface area contributed by atoms with Crippen molar-refractivity contribution in [2.24, 2.45) is 46.6 Å². The number of methoxy groups -OCH3 is 4. The van der Waals surface area contributed by atoms with Gasteiger partial charge in [0.05, 0.1) is 142 Å². The summed E-state index contributed by atoms with van der Waals surface area (Å²) in [4.78, 5) is 116. The molecular weight excluding hydrogens is 1570 g/mol. The summed E-state index contributed by atoms with van der Waals surface area (Å²) in [6, 6.07) is 13.1. The van der Waals surface area contributed by atoms with Crippen LogP contribution in [-0.4, -0.2) is 234 Å². The number of rotatable bonds is 9. The number of fused-ring (bicyclic) bond motifs is 3. The summed E-state index contributed by atoms with van der Waals surface area (Å²) in [5.41, 5.74) is 2.62. The molecule has 702 valence electrons. The molecule has 6 unspecified atom stereocenters. The number of hydrogen-bond donors (Lipinski definition) is 5. The number of hydroxylamine groups is 4. The second-order valence-electron chi connectivity index (χ2n) is 28.7. The maximum Gasteiger partial charge on any atom is 0.507 e. The van der Waals surface area contributed by atoms with Gasteiger partial charge in [-0.15, -0.1) is 10.1 Å². The molecule has 4 amide bonds. The summed E-state index contributed by atoms with van der Waals surface area (Å²) in [5, 5.41) is 38.3. The maximum atomic E-state index is 12.3. The number of esters is 2. The molecule has 6 atom stereocenters. The summed E-state index contributed by atoms with van der Waals surface area (Å²) >= 11 is 0. The van der Waals surface area contributed by atoms with Crippen LogP contribution < -0.4 is 5.90 Å². The predicted octanol–water partition coefficient (Wildman–Crippen LogP) is 15.4. The molecule has 7 heterocycles. The van der Waals surface area contributed by atoms with E-state index < -0.39 is 53.1 Å². The molecule has 16 rings (SSSR count). The van der Waals surface area contributed by atoms with Crippen molar-refractivity contribution in [3.8, 4) is 0 Å². The van der Waals surface area contributed by atoms with Gasteiger partial charge in [-0.2, -0.15) is 0 Å². The lowest BCUT2D eigenvalue weighted by molar-refractivity contribution is -0.236. The second-order valence-corrected chi connectivity index (χ2v) is 28.7. The number of imide groups is 2. The van der Waals surface area contributed by atoms with Crippen molar-refractivity contribution in [2.75, 3.05) is 121 Å². The first-order chi connectivity index (χ1) is 53.8. The smallest absolute Gasteiger partial charge is 0.469 e. The number of carbonyl (C=O) groups is 9. The van der Waals surface area contributed by atoms with Crippen molar-refractivity contribution >= 4 is 59.0 Å². The van der Waals surface area contributed by atoms with Crippen LogP contribution in [-0.2, 0) is 90.5 Å². The Bertz CT molecular complexity index is 3180. The highest BCUT2D eigenvalue weighted by atomic mass is 16.8. The van der Waals surface area contributed by atoms with Gasteiger partial charge >= 0.3 is 18.1 Å². The van der Waals surface area contributed by atoms with Crippen molar-refractivity contribution in [2.45, 2.75) is 284 Å². The Morgan fingerprint density at radius 1 is 0.438 bits per heavy atom. The second kappa shape index (κ2) is 63.1. The van der Waals surface area contributed by atoms with E-state index >= 15 is 0 Å². The molecule has 7 saturated carbocycles. The molecule has 32 heteroatoms. The number of oxime groups is 1. The molecule has 2 aromatic rings. The molecule has 4 saturated heterocycles. The van der Waals surface area contributed by atoms with Crippen LogP contribution in [0, 0.1) is 35.5 Å². The zero-order valence-electron chi connectivity index (χ0n) is 65.0. The number of aliphatic hydroxyl groups excluding tert-OH is 3. The molecule has 14 aliphatic rings. The van der Waals surface area contributed by atoms with Gasteiger partial charge in [-0.05, 0) is 121 Å². The van der Waals surface area contributed by atoms with Crippen molar-refractivity contribution in [3.63, 3.8) is 0 Å². The number of nitrogens with two attached hydrogens (primary N) is 1. The van der Waals surface area contributed by atoms with Gasteiger partial charge in [-0.25, -0.2) is 10.7 Å². The highest BCUT2D eigenvalue weighted by Crippen LogP contribution is 2.44.